The third-order valence-corrected chi connectivity index (χ3v) is 4.10. The first-order valence-electron chi connectivity index (χ1n) is 7.30. The average Bonchev–Trinajstić information content (AvgIpc) is 2.42. The van der Waals surface area contributed by atoms with E-state index in [0.717, 1.165) is 24.8 Å². The summed E-state index contributed by atoms with van der Waals surface area (Å²) >= 11 is 0. The SMILES string of the molecule is CC(Cc1ccc(F)cc1)NC1CCCCC1CO. The second kappa shape index (κ2) is 7.01. The Bertz CT molecular complexity index is 379. The number of aliphatic hydroxyl groups excluding tert-OH is 1. The first-order valence-corrected chi connectivity index (χ1v) is 7.30. The molecule has 3 unspecified atom stereocenters. The maximum absolute atomic E-state index is 12.9. The van der Waals surface area contributed by atoms with Crippen molar-refractivity contribution >= 4 is 0 Å². The highest BCUT2D eigenvalue weighted by molar-refractivity contribution is 5.17. The van der Waals surface area contributed by atoms with E-state index in [1.807, 2.05) is 12.1 Å². The van der Waals surface area contributed by atoms with Gasteiger partial charge in [-0.3, -0.25) is 0 Å². The van der Waals surface area contributed by atoms with Crippen LogP contribution in [0.1, 0.15) is 38.2 Å². The Morgan fingerprint density at radius 2 is 1.95 bits per heavy atom. The van der Waals surface area contributed by atoms with Crippen LogP contribution in [-0.2, 0) is 6.42 Å². The average molecular weight is 265 g/mol. The van der Waals surface area contributed by atoms with Crippen LogP contribution in [0, 0.1) is 11.7 Å². The van der Waals surface area contributed by atoms with Crippen molar-refractivity contribution in [1.82, 2.24) is 5.32 Å². The lowest BCUT2D eigenvalue weighted by Gasteiger charge is -2.33. The Kier molecular flexibility index (Phi) is 5.34. The van der Waals surface area contributed by atoms with Crippen LogP contribution >= 0.6 is 0 Å². The number of rotatable bonds is 5. The van der Waals surface area contributed by atoms with E-state index in [1.54, 1.807) is 0 Å². The zero-order chi connectivity index (χ0) is 13.7. The van der Waals surface area contributed by atoms with E-state index in [9.17, 15) is 9.50 Å². The molecule has 1 aromatic rings. The number of hydrogen-bond donors (Lipinski definition) is 2. The largest absolute Gasteiger partial charge is 0.396 e. The van der Waals surface area contributed by atoms with E-state index < -0.39 is 0 Å². The van der Waals surface area contributed by atoms with Gasteiger partial charge in [0.05, 0.1) is 0 Å². The molecule has 1 aliphatic rings. The highest BCUT2D eigenvalue weighted by Crippen LogP contribution is 2.24. The highest BCUT2D eigenvalue weighted by Gasteiger charge is 2.25. The van der Waals surface area contributed by atoms with Crippen LogP contribution in [0.25, 0.3) is 0 Å². The van der Waals surface area contributed by atoms with Crippen LogP contribution < -0.4 is 5.32 Å². The molecule has 1 aromatic carbocycles. The molecule has 2 N–H and O–H groups in total. The fraction of sp³-hybridized carbons (Fsp3) is 0.625. The molecule has 0 amide bonds. The van der Waals surface area contributed by atoms with Crippen LogP contribution in [0.4, 0.5) is 4.39 Å². The molecule has 2 nitrogen and oxygen atoms in total. The zero-order valence-electron chi connectivity index (χ0n) is 11.6. The summed E-state index contributed by atoms with van der Waals surface area (Å²) in [5.74, 6) is 0.210. The molecule has 0 aliphatic heterocycles. The molecule has 3 heteroatoms. The van der Waals surface area contributed by atoms with Crippen molar-refractivity contribution in [1.29, 1.82) is 0 Å². The molecule has 0 bridgehead atoms. The lowest BCUT2D eigenvalue weighted by atomic mass is 9.84. The molecule has 1 saturated carbocycles. The quantitative estimate of drug-likeness (QED) is 0.858. The lowest BCUT2D eigenvalue weighted by molar-refractivity contribution is 0.147. The van der Waals surface area contributed by atoms with Gasteiger partial charge in [0.25, 0.3) is 0 Å². The van der Waals surface area contributed by atoms with Crippen molar-refractivity contribution in [3.63, 3.8) is 0 Å². The number of benzene rings is 1. The predicted molar refractivity (Wildman–Crippen MR) is 75.5 cm³/mol. The van der Waals surface area contributed by atoms with Crippen LogP contribution in [0.15, 0.2) is 24.3 Å². The van der Waals surface area contributed by atoms with E-state index in [2.05, 4.69) is 12.2 Å². The van der Waals surface area contributed by atoms with Crippen LogP contribution in [0.2, 0.25) is 0 Å². The number of aliphatic hydroxyl groups is 1. The summed E-state index contributed by atoms with van der Waals surface area (Å²) in [4.78, 5) is 0. The molecule has 0 spiro atoms. The molecule has 0 heterocycles. The van der Waals surface area contributed by atoms with E-state index in [-0.39, 0.29) is 12.4 Å². The van der Waals surface area contributed by atoms with Crippen molar-refractivity contribution in [2.75, 3.05) is 6.61 Å². The minimum atomic E-state index is -0.183. The molecule has 1 aliphatic carbocycles. The number of nitrogens with one attached hydrogen (secondary N) is 1. The van der Waals surface area contributed by atoms with Gasteiger partial charge in [0, 0.05) is 18.7 Å². The Labute approximate surface area is 115 Å². The first-order chi connectivity index (χ1) is 9.19. The fourth-order valence-corrected chi connectivity index (χ4v) is 3.04. The second-order valence-electron chi connectivity index (χ2n) is 5.73. The normalized spacial score (nSPS) is 25.2. The van der Waals surface area contributed by atoms with E-state index in [0.29, 0.717) is 18.0 Å². The maximum Gasteiger partial charge on any atom is 0.123 e. The van der Waals surface area contributed by atoms with Crippen molar-refractivity contribution in [3.8, 4) is 0 Å². The summed E-state index contributed by atoms with van der Waals surface area (Å²) in [6, 6.07) is 7.49. The molecular weight excluding hydrogens is 241 g/mol. The molecule has 2 rings (SSSR count). The summed E-state index contributed by atoms with van der Waals surface area (Å²) in [5, 5.41) is 13.0. The minimum absolute atomic E-state index is 0.183. The van der Waals surface area contributed by atoms with Gasteiger partial charge in [-0.05, 0) is 49.8 Å². The highest BCUT2D eigenvalue weighted by atomic mass is 19.1. The molecule has 19 heavy (non-hydrogen) atoms. The molecule has 0 aromatic heterocycles. The summed E-state index contributed by atoms with van der Waals surface area (Å²) in [6.07, 6.45) is 5.65. The number of hydrogen-bond acceptors (Lipinski definition) is 2. The summed E-state index contributed by atoms with van der Waals surface area (Å²) in [7, 11) is 0. The summed E-state index contributed by atoms with van der Waals surface area (Å²) in [6.45, 7) is 2.44. The number of halogens is 1. The zero-order valence-corrected chi connectivity index (χ0v) is 11.6. The fourth-order valence-electron chi connectivity index (χ4n) is 3.04. The Hall–Kier alpha value is -0.930. The van der Waals surface area contributed by atoms with Gasteiger partial charge in [-0.25, -0.2) is 4.39 Å². The molecule has 0 radical (unpaired) electrons. The third kappa shape index (κ3) is 4.29. The van der Waals surface area contributed by atoms with Crippen LogP contribution in [0.5, 0.6) is 0 Å². The Morgan fingerprint density at radius 1 is 1.26 bits per heavy atom. The van der Waals surface area contributed by atoms with E-state index in [4.69, 9.17) is 0 Å². The van der Waals surface area contributed by atoms with Gasteiger partial charge in [-0.15, -0.1) is 0 Å². The van der Waals surface area contributed by atoms with Gasteiger partial charge in [0.1, 0.15) is 5.82 Å². The topological polar surface area (TPSA) is 32.3 Å². The molecular formula is C16H24FNO. The second-order valence-corrected chi connectivity index (χ2v) is 5.73. The van der Waals surface area contributed by atoms with E-state index in [1.165, 1.54) is 25.0 Å². The first kappa shape index (κ1) is 14.5. The maximum atomic E-state index is 12.9. The molecule has 0 saturated heterocycles. The third-order valence-electron chi connectivity index (χ3n) is 4.10. The van der Waals surface area contributed by atoms with Crippen molar-refractivity contribution in [3.05, 3.63) is 35.6 Å². The Balaban J connectivity index is 1.86. The summed E-state index contributed by atoms with van der Waals surface area (Å²) in [5.41, 5.74) is 1.15. The van der Waals surface area contributed by atoms with Crippen molar-refractivity contribution in [2.24, 2.45) is 5.92 Å². The van der Waals surface area contributed by atoms with Gasteiger partial charge in [-0.2, -0.15) is 0 Å². The van der Waals surface area contributed by atoms with Crippen LogP contribution in [-0.4, -0.2) is 23.8 Å². The predicted octanol–water partition coefficient (Wildman–Crippen LogP) is 2.90. The van der Waals surface area contributed by atoms with Crippen molar-refractivity contribution < 1.29 is 9.50 Å². The Morgan fingerprint density at radius 3 is 2.63 bits per heavy atom. The monoisotopic (exact) mass is 265 g/mol. The molecule has 1 fully saturated rings. The standard InChI is InChI=1S/C16H24FNO/c1-12(10-13-6-8-15(17)9-7-13)18-16-5-3-2-4-14(16)11-19/h6-9,12,14,16,18-19H,2-5,10-11H2,1H3. The minimum Gasteiger partial charge on any atom is -0.396 e. The van der Waals surface area contributed by atoms with Gasteiger partial charge in [-0.1, -0.05) is 25.0 Å². The van der Waals surface area contributed by atoms with Crippen LogP contribution in [0.3, 0.4) is 0 Å². The van der Waals surface area contributed by atoms with Gasteiger partial charge >= 0.3 is 0 Å². The smallest absolute Gasteiger partial charge is 0.123 e. The van der Waals surface area contributed by atoms with Gasteiger partial charge in [0.15, 0.2) is 0 Å². The van der Waals surface area contributed by atoms with Gasteiger partial charge < -0.3 is 10.4 Å². The molecule has 3 atom stereocenters. The van der Waals surface area contributed by atoms with Crippen molar-refractivity contribution in [2.45, 2.75) is 51.1 Å². The van der Waals surface area contributed by atoms with E-state index >= 15 is 0 Å². The summed E-state index contributed by atoms with van der Waals surface area (Å²) < 4.78 is 12.9. The van der Waals surface area contributed by atoms with Gasteiger partial charge in [0.2, 0.25) is 0 Å². The lowest BCUT2D eigenvalue weighted by Crippen LogP contribution is -2.45. The molecule has 106 valence electrons.